The zero-order chi connectivity index (χ0) is 27.2. The van der Waals surface area contributed by atoms with Crippen LogP contribution in [0.2, 0.25) is 0 Å². The van der Waals surface area contributed by atoms with Crippen LogP contribution in [0, 0.1) is 0 Å². The lowest BCUT2D eigenvalue weighted by Gasteiger charge is -2.29. The fourth-order valence-electron chi connectivity index (χ4n) is 4.37. The van der Waals surface area contributed by atoms with Crippen LogP contribution in [0.3, 0.4) is 0 Å². The number of carbonyl (C=O) groups is 2. The molecule has 0 aliphatic carbocycles. The lowest BCUT2D eigenvalue weighted by atomic mass is 10.0. The molecule has 1 saturated heterocycles. The molecule has 5 N–H and O–H groups in total. The highest BCUT2D eigenvalue weighted by Gasteiger charge is 2.28. The largest absolute Gasteiger partial charge is 0.457 e. The summed E-state index contributed by atoms with van der Waals surface area (Å²) in [5.74, 6) is 1.31. The molecule has 1 fully saturated rings. The Morgan fingerprint density at radius 3 is 2.56 bits per heavy atom. The fourth-order valence-corrected chi connectivity index (χ4v) is 4.37. The highest BCUT2D eigenvalue weighted by atomic mass is 16.5. The van der Waals surface area contributed by atoms with Gasteiger partial charge in [0.15, 0.2) is 5.78 Å². The van der Waals surface area contributed by atoms with Crippen LogP contribution in [0.25, 0.3) is 11.0 Å². The predicted molar refractivity (Wildman–Crippen MR) is 143 cm³/mol. The van der Waals surface area contributed by atoms with Gasteiger partial charge in [0.25, 0.3) is 0 Å². The summed E-state index contributed by atoms with van der Waals surface area (Å²) in [6, 6.07) is 16.2. The van der Waals surface area contributed by atoms with Crippen molar-refractivity contribution >= 4 is 28.5 Å². The molecule has 1 aliphatic heterocycles. The number of aliphatic hydroxyl groups is 2. The van der Waals surface area contributed by atoms with Crippen molar-refractivity contribution < 1.29 is 29.3 Å². The number of aromatic nitrogens is 3. The first-order valence-corrected chi connectivity index (χ1v) is 12.7. The maximum atomic E-state index is 13.4. The van der Waals surface area contributed by atoms with E-state index in [2.05, 4.69) is 25.6 Å². The number of aromatic amines is 1. The molecule has 4 aromatic rings. The number of anilines is 1. The zero-order valence-electron chi connectivity index (χ0n) is 21.0. The molecule has 0 bridgehead atoms. The van der Waals surface area contributed by atoms with Crippen LogP contribution in [0.5, 0.6) is 11.5 Å². The van der Waals surface area contributed by atoms with Crippen LogP contribution in [0.4, 0.5) is 5.82 Å². The van der Waals surface area contributed by atoms with Gasteiger partial charge in [0, 0.05) is 18.3 Å². The molecule has 1 aliphatic rings. The van der Waals surface area contributed by atoms with Gasteiger partial charge in [0.1, 0.15) is 35.4 Å². The van der Waals surface area contributed by atoms with Crippen molar-refractivity contribution in [3.8, 4) is 11.5 Å². The van der Waals surface area contributed by atoms with Crippen LogP contribution in [0.1, 0.15) is 28.8 Å². The highest BCUT2D eigenvalue weighted by Crippen LogP contribution is 2.28. The van der Waals surface area contributed by atoms with Crippen molar-refractivity contribution in [2.24, 2.45) is 0 Å². The Morgan fingerprint density at radius 1 is 1.08 bits per heavy atom. The van der Waals surface area contributed by atoms with E-state index >= 15 is 0 Å². The number of hydrogen-bond donors (Lipinski definition) is 5. The second-order valence-corrected chi connectivity index (χ2v) is 9.24. The summed E-state index contributed by atoms with van der Waals surface area (Å²) in [5, 5.41) is 24.8. The molecule has 11 nitrogen and oxygen atoms in total. The van der Waals surface area contributed by atoms with Crippen LogP contribution >= 0.6 is 0 Å². The number of para-hydroxylation sites is 1. The maximum absolute atomic E-state index is 13.4. The third kappa shape index (κ3) is 6.23. The molecule has 2 aromatic heterocycles. The van der Waals surface area contributed by atoms with Crippen LogP contribution in [-0.4, -0.2) is 74.9 Å². The molecule has 0 unspecified atom stereocenters. The molecular weight excluding hydrogens is 502 g/mol. The van der Waals surface area contributed by atoms with Gasteiger partial charge in [-0.15, -0.1) is 0 Å². The number of nitrogens with zero attached hydrogens (tertiary/aromatic N) is 2. The van der Waals surface area contributed by atoms with Gasteiger partial charge in [-0.2, -0.15) is 0 Å². The van der Waals surface area contributed by atoms with Crippen molar-refractivity contribution in [1.29, 1.82) is 0 Å². The zero-order valence-corrected chi connectivity index (χ0v) is 21.0. The van der Waals surface area contributed by atoms with Gasteiger partial charge in [-0.05, 0) is 49.2 Å². The first-order valence-electron chi connectivity index (χ1n) is 12.7. The summed E-state index contributed by atoms with van der Waals surface area (Å²) in [4.78, 5) is 37.4. The number of carbonyl (C=O) groups excluding carboxylic acids is 2. The summed E-state index contributed by atoms with van der Waals surface area (Å²) in [6.07, 6.45) is 2.48. The number of H-pyrrole nitrogens is 1. The molecule has 3 atom stereocenters. The van der Waals surface area contributed by atoms with Gasteiger partial charge in [-0.3, -0.25) is 9.59 Å². The molecule has 0 saturated carbocycles. The number of ether oxygens (including phenoxy) is 2. The van der Waals surface area contributed by atoms with E-state index in [1.807, 2.05) is 30.3 Å². The minimum absolute atomic E-state index is 0.0388. The minimum Gasteiger partial charge on any atom is -0.457 e. The summed E-state index contributed by atoms with van der Waals surface area (Å²) < 4.78 is 11.6. The maximum Gasteiger partial charge on any atom is 0.249 e. The van der Waals surface area contributed by atoms with Gasteiger partial charge in [-0.25, -0.2) is 9.97 Å². The normalized spacial score (nSPS) is 17.9. The number of fused-ring (bicyclic) bond motifs is 1. The summed E-state index contributed by atoms with van der Waals surface area (Å²) in [7, 11) is 0. The van der Waals surface area contributed by atoms with Crippen molar-refractivity contribution in [3.63, 3.8) is 0 Å². The monoisotopic (exact) mass is 531 g/mol. The van der Waals surface area contributed by atoms with E-state index in [9.17, 15) is 14.7 Å². The van der Waals surface area contributed by atoms with Gasteiger partial charge in [-0.1, -0.05) is 18.2 Å². The minimum atomic E-state index is -1.01. The Hall–Kier alpha value is -4.32. The Balaban J connectivity index is 1.25. The molecule has 0 spiro atoms. The van der Waals surface area contributed by atoms with Gasteiger partial charge >= 0.3 is 0 Å². The van der Waals surface area contributed by atoms with E-state index in [4.69, 9.17) is 14.6 Å². The fraction of sp³-hybridized carbons (Fsp3) is 0.286. The summed E-state index contributed by atoms with van der Waals surface area (Å²) in [5.41, 5.74) is 1.45. The first-order chi connectivity index (χ1) is 19.0. The Kier molecular flexibility index (Phi) is 8.11. The number of benzene rings is 2. The second-order valence-electron chi connectivity index (χ2n) is 9.24. The Bertz CT molecular complexity index is 1420. The lowest BCUT2D eigenvalue weighted by Crippen LogP contribution is -2.45. The SMILES string of the molecule is O=C(c1ccc(Oc2ccccc2)cc1)c1c[nH]c2ncnc(N[C@@H]3CC[C@@H](C(=O)NC[C@@H](O)CO)OC3)c12. The highest BCUT2D eigenvalue weighted by molar-refractivity contribution is 6.18. The van der Waals surface area contributed by atoms with E-state index in [1.165, 1.54) is 6.33 Å². The number of ketones is 1. The number of amides is 1. The van der Waals surface area contributed by atoms with Crippen molar-refractivity contribution in [1.82, 2.24) is 20.3 Å². The van der Waals surface area contributed by atoms with Crippen molar-refractivity contribution in [3.05, 3.63) is 78.2 Å². The number of rotatable bonds is 10. The van der Waals surface area contributed by atoms with E-state index in [-0.39, 0.29) is 30.9 Å². The summed E-state index contributed by atoms with van der Waals surface area (Å²) in [6.45, 7) is -0.214. The van der Waals surface area contributed by atoms with E-state index in [1.54, 1.807) is 30.5 Å². The van der Waals surface area contributed by atoms with Crippen LogP contribution in [-0.2, 0) is 9.53 Å². The number of aliphatic hydroxyl groups excluding tert-OH is 2. The molecule has 11 heteroatoms. The molecule has 0 radical (unpaired) electrons. The Morgan fingerprint density at radius 2 is 1.85 bits per heavy atom. The molecule has 202 valence electrons. The standard InChI is InChI=1S/C28H29N5O6/c34-14-19(35)12-30-28(37)23-11-8-18(15-38-23)33-27-24-22(13-29-26(24)31-16-32-27)25(36)17-6-9-21(10-7-17)39-20-4-2-1-3-5-20/h1-7,9-10,13,16,18-19,23,34-35H,8,11-12,14-15H2,(H,30,37)(H2,29,31,32,33)/t18-,19-,23+/m1/s1. The molecule has 2 aromatic carbocycles. The molecule has 5 rings (SSSR count). The average molecular weight is 532 g/mol. The van der Waals surface area contributed by atoms with Crippen LogP contribution in [0.15, 0.2) is 67.1 Å². The molecule has 39 heavy (non-hydrogen) atoms. The first kappa shape index (κ1) is 26.3. The number of nitrogens with one attached hydrogen (secondary N) is 3. The Labute approximate surface area is 224 Å². The van der Waals surface area contributed by atoms with Gasteiger partial charge < -0.3 is 35.3 Å². The molecular formula is C28H29N5O6. The predicted octanol–water partition coefficient (Wildman–Crippen LogP) is 2.41. The third-order valence-corrected chi connectivity index (χ3v) is 6.44. The van der Waals surface area contributed by atoms with E-state index in [0.29, 0.717) is 52.3 Å². The lowest BCUT2D eigenvalue weighted by molar-refractivity contribution is -0.136. The van der Waals surface area contributed by atoms with Crippen LogP contribution < -0.4 is 15.4 Å². The van der Waals surface area contributed by atoms with E-state index in [0.717, 1.165) is 0 Å². The summed E-state index contributed by atoms with van der Waals surface area (Å²) >= 11 is 0. The van der Waals surface area contributed by atoms with E-state index < -0.39 is 18.8 Å². The third-order valence-electron chi connectivity index (χ3n) is 6.44. The molecule has 3 heterocycles. The second kappa shape index (κ2) is 12.0. The van der Waals surface area contributed by atoms with Gasteiger partial charge in [0.05, 0.1) is 36.3 Å². The quantitative estimate of drug-likeness (QED) is 0.194. The molecule has 1 amide bonds. The van der Waals surface area contributed by atoms with Crippen molar-refractivity contribution in [2.75, 3.05) is 25.1 Å². The number of hydrogen-bond acceptors (Lipinski definition) is 9. The topological polar surface area (TPSA) is 159 Å². The smallest absolute Gasteiger partial charge is 0.249 e. The van der Waals surface area contributed by atoms with Gasteiger partial charge in [0.2, 0.25) is 5.91 Å². The average Bonchev–Trinajstić information content (AvgIpc) is 3.42. The van der Waals surface area contributed by atoms with Crippen molar-refractivity contribution in [2.45, 2.75) is 31.1 Å².